The van der Waals surface area contributed by atoms with Crippen LogP contribution in [0.25, 0.3) is 0 Å². The molecular formula is C16H33N3O. The van der Waals surface area contributed by atoms with Gasteiger partial charge in [0.15, 0.2) is 0 Å². The van der Waals surface area contributed by atoms with Crippen molar-refractivity contribution in [1.82, 2.24) is 9.80 Å². The second-order valence-electron chi connectivity index (χ2n) is 7.25. The molecule has 0 bridgehead atoms. The number of fused-ring (bicyclic) bond motifs is 1. The lowest BCUT2D eigenvalue weighted by atomic mass is 9.92. The first-order valence-electron chi connectivity index (χ1n) is 8.22. The zero-order chi connectivity index (χ0) is 14.8. The van der Waals surface area contributed by atoms with E-state index < -0.39 is 0 Å². The Bertz CT molecular complexity index is 308. The summed E-state index contributed by atoms with van der Waals surface area (Å²) >= 11 is 0. The fourth-order valence-electron chi connectivity index (χ4n) is 3.87. The molecule has 4 heteroatoms. The van der Waals surface area contributed by atoms with Gasteiger partial charge in [0.1, 0.15) is 0 Å². The molecule has 0 spiro atoms. The largest absolute Gasteiger partial charge is 0.379 e. The monoisotopic (exact) mass is 283 g/mol. The predicted octanol–water partition coefficient (Wildman–Crippen LogP) is 1.69. The zero-order valence-electron chi connectivity index (χ0n) is 13.8. The van der Waals surface area contributed by atoms with Gasteiger partial charge in [0.2, 0.25) is 0 Å². The molecule has 3 atom stereocenters. The highest BCUT2D eigenvalue weighted by atomic mass is 16.5. The van der Waals surface area contributed by atoms with Crippen LogP contribution in [0.15, 0.2) is 0 Å². The number of rotatable bonds is 5. The van der Waals surface area contributed by atoms with Crippen LogP contribution in [-0.2, 0) is 4.74 Å². The summed E-state index contributed by atoms with van der Waals surface area (Å²) in [5, 5.41) is 0. The molecule has 0 saturated carbocycles. The maximum atomic E-state index is 6.08. The fourth-order valence-corrected chi connectivity index (χ4v) is 3.87. The van der Waals surface area contributed by atoms with E-state index in [1.165, 1.54) is 38.9 Å². The molecule has 0 radical (unpaired) electrons. The maximum absolute atomic E-state index is 6.08. The van der Waals surface area contributed by atoms with Gasteiger partial charge >= 0.3 is 0 Å². The van der Waals surface area contributed by atoms with Gasteiger partial charge in [-0.2, -0.15) is 0 Å². The second kappa shape index (κ2) is 6.73. The van der Waals surface area contributed by atoms with Gasteiger partial charge in [0, 0.05) is 44.9 Å². The minimum atomic E-state index is -0.0898. The highest BCUT2D eigenvalue weighted by Gasteiger charge is 2.37. The highest BCUT2D eigenvalue weighted by molar-refractivity contribution is 4.93. The van der Waals surface area contributed by atoms with Crippen LogP contribution in [0.3, 0.4) is 0 Å². The zero-order valence-corrected chi connectivity index (χ0v) is 13.8. The first-order valence-corrected chi connectivity index (χ1v) is 8.22. The van der Waals surface area contributed by atoms with Crippen molar-refractivity contribution in [3.63, 3.8) is 0 Å². The summed E-state index contributed by atoms with van der Waals surface area (Å²) in [5.74, 6) is 0. The molecule has 118 valence electrons. The minimum absolute atomic E-state index is 0.0898. The normalized spacial score (nSPS) is 31.1. The van der Waals surface area contributed by atoms with E-state index in [1.807, 2.05) is 0 Å². The molecule has 2 saturated heterocycles. The van der Waals surface area contributed by atoms with E-state index in [2.05, 4.69) is 30.6 Å². The molecule has 0 amide bonds. The van der Waals surface area contributed by atoms with Gasteiger partial charge in [0.05, 0.1) is 5.60 Å². The Morgan fingerprint density at radius 3 is 2.70 bits per heavy atom. The molecule has 4 nitrogen and oxygen atoms in total. The standard InChI is InChI=1S/C16H33N3O/c1-13-11-18-8-6-5-7-14(18)12-19(13)15(10-17)9-16(2,3)20-4/h13-15H,5-12,17H2,1-4H3. The lowest BCUT2D eigenvalue weighted by Gasteiger charge is -2.50. The summed E-state index contributed by atoms with van der Waals surface area (Å²) < 4.78 is 5.61. The number of methoxy groups -OCH3 is 1. The highest BCUT2D eigenvalue weighted by Crippen LogP contribution is 2.28. The quantitative estimate of drug-likeness (QED) is 0.834. The Morgan fingerprint density at radius 2 is 2.05 bits per heavy atom. The predicted molar refractivity (Wildman–Crippen MR) is 83.9 cm³/mol. The third kappa shape index (κ3) is 3.73. The van der Waals surface area contributed by atoms with Crippen LogP contribution in [0.1, 0.15) is 46.5 Å². The molecule has 0 aromatic rings. The molecule has 20 heavy (non-hydrogen) atoms. The lowest BCUT2D eigenvalue weighted by Crippen LogP contribution is -2.62. The van der Waals surface area contributed by atoms with Crippen LogP contribution in [0.2, 0.25) is 0 Å². The summed E-state index contributed by atoms with van der Waals surface area (Å²) in [5.41, 5.74) is 6.00. The molecule has 2 N–H and O–H groups in total. The average molecular weight is 283 g/mol. The van der Waals surface area contributed by atoms with E-state index in [1.54, 1.807) is 7.11 Å². The number of hydrogen-bond acceptors (Lipinski definition) is 4. The molecular weight excluding hydrogens is 250 g/mol. The minimum Gasteiger partial charge on any atom is -0.379 e. The van der Waals surface area contributed by atoms with Gasteiger partial charge in [-0.05, 0) is 46.6 Å². The lowest BCUT2D eigenvalue weighted by molar-refractivity contribution is -0.0444. The maximum Gasteiger partial charge on any atom is 0.0638 e. The van der Waals surface area contributed by atoms with E-state index in [0.29, 0.717) is 12.1 Å². The van der Waals surface area contributed by atoms with Crippen LogP contribution in [0.5, 0.6) is 0 Å². The Labute approximate surface area is 124 Å². The molecule has 0 aromatic carbocycles. The topological polar surface area (TPSA) is 41.7 Å². The second-order valence-corrected chi connectivity index (χ2v) is 7.25. The molecule has 2 rings (SSSR count). The Hall–Kier alpha value is -0.160. The molecule has 2 aliphatic rings. The van der Waals surface area contributed by atoms with Crippen LogP contribution in [0, 0.1) is 0 Å². The first-order chi connectivity index (χ1) is 9.46. The third-order valence-electron chi connectivity index (χ3n) is 5.26. The van der Waals surface area contributed by atoms with Crippen molar-refractivity contribution in [3.05, 3.63) is 0 Å². The number of hydrogen-bond donors (Lipinski definition) is 1. The van der Waals surface area contributed by atoms with Crippen LogP contribution >= 0.6 is 0 Å². The van der Waals surface area contributed by atoms with E-state index in [0.717, 1.165) is 19.0 Å². The van der Waals surface area contributed by atoms with E-state index in [4.69, 9.17) is 10.5 Å². The van der Waals surface area contributed by atoms with Crippen LogP contribution in [-0.4, -0.2) is 66.8 Å². The van der Waals surface area contributed by atoms with Crippen LogP contribution in [0.4, 0.5) is 0 Å². The Balaban J connectivity index is 2.01. The number of piperidine rings is 1. The number of nitrogens with two attached hydrogens (primary N) is 1. The Morgan fingerprint density at radius 1 is 1.30 bits per heavy atom. The van der Waals surface area contributed by atoms with E-state index in [-0.39, 0.29) is 5.60 Å². The van der Waals surface area contributed by atoms with Gasteiger partial charge in [-0.1, -0.05) is 6.42 Å². The number of nitrogens with zero attached hydrogens (tertiary/aromatic N) is 2. The van der Waals surface area contributed by atoms with Crippen LogP contribution < -0.4 is 5.73 Å². The van der Waals surface area contributed by atoms with Crippen molar-refractivity contribution in [2.75, 3.05) is 33.3 Å². The van der Waals surface area contributed by atoms with E-state index in [9.17, 15) is 0 Å². The molecule has 2 aliphatic heterocycles. The summed E-state index contributed by atoms with van der Waals surface area (Å²) in [4.78, 5) is 5.34. The molecule has 2 fully saturated rings. The van der Waals surface area contributed by atoms with Gasteiger partial charge in [-0.25, -0.2) is 0 Å². The van der Waals surface area contributed by atoms with Gasteiger partial charge in [-0.3, -0.25) is 9.80 Å². The third-order valence-corrected chi connectivity index (χ3v) is 5.26. The van der Waals surface area contributed by atoms with E-state index >= 15 is 0 Å². The smallest absolute Gasteiger partial charge is 0.0638 e. The Kier molecular flexibility index (Phi) is 5.46. The van der Waals surface area contributed by atoms with Crippen molar-refractivity contribution < 1.29 is 4.74 Å². The molecule has 2 heterocycles. The number of ether oxygens (including phenoxy) is 1. The average Bonchev–Trinajstić information content (AvgIpc) is 2.44. The fraction of sp³-hybridized carbons (Fsp3) is 1.00. The molecule has 3 unspecified atom stereocenters. The van der Waals surface area contributed by atoms with Crippen molar-refractivity contribution in [1.29, 1.82) is 0 Å². The van der Waals surface area contributed by atoms with Crippen molar-refractivity contribution >= 4 is 0 Å². The van der Waals surface area contributed by atoms with Gasteiger partial charge < -0.3 is 10.5 Å². The van der Waals surface area contributed by atoms with Gasteiger partial charge in [0.25, 0.3) is 0 Å². The molecule has 0 aromatic heterocycles. The summed E-state index contributed by atoms with van der Waals surface area (Å²) in [6.07, 6.45) is 5.13. The number of piperazine rings is 1. The molecule has 0 aliphatic carbocycles. The SMILES string of the molecule is COC(C)(C)CC(CN)N1CC2CCCCN2CC1C. The van der Waals surface area contributed by atoms with Gasteiger partial charge in [-0.15, -0.1) is 0 Å². The first kappa shape index (κ1) is 16.2. The summed E-state index contributed by atoms with van der Waals surface area (Å²) in [6, 6.07) is 1.79. The van der Waals surface area contributed by atoms with Crippen molar-refractivity contribution in [2.24, 2.45) is 5.73 Å². The summed E-state index contributed by atoms with van der Waals surface area (Å²) in [7, 11) is 1.80. The van der Waals surface area contributed by atoms with Crippen molar-refractivity contribution in [2.45, 2.75) is 70.2 Å². The van der Waals surface area contributed by atoms with Crippen molar-refractivity contribution in [3.8, 4) is 0 Å². The summed E-state index contributed by atoms with van der Waals surface area (Å²) in [6.45, 7) is 11.1.